The van der Waals surface area contributed by atoms with Crippen molar-refractivity contribution in [3.63, 3.8) is 0 Å². The zero-order valence-electron chi connectivity index (χ0n) is 19.1. The predicted molar refractivity (Wildman–Crippen MR) is 132 cm³/mol. The molecule has 180 valence electrons. The van der Waals surface area contributed by atoms with Gasteiger partial charge in [-0.15, -0.1) is 0 Å². The Bertz CT molecular complexity index is 1060. The molecule has 1 heterocycles. The van der Waals surface area contributed by atoms with Gasteiger partial charge in [0, 0.05) is 23.7 Å². The number of benzene rings is 2. The first-order valence-electron chi connectivity index (χ1n) is 11.3. The summed E-state index contributed by atoms with van der Waals surface area (Å²) in [6.07, 6.45) is 4.47. The second kappa shape index (κ2) is 11.7. The molecule has 1 fully saturated rings. The number of hydrogen-bond acceptors (Lipinski definition) is 5. The van der Waals surface area contributed by atoms with Gasteiger partial charge in [0.1, 0.15) is 5.75 Å². The summed E-state index contributed by atoms with van der Waals surface area (Å²) in [6, 6.07) is 10.6. The van der Waals surface area contributed by atoms with E-state index in [-0.39, 0.29) is 16.5 Å². The first kappa shape index (κ1) is 25.3. The number of carbonyl (C=O) groups excluding carboxylic acids is 1. The smallest absolute Gasteiger partial charge is 0.262 e. The Morgan fingerprint density at radius 3 is 2.79 bits per heavy atom. The Kier molecular flexibility index (Phi) is 9.00. The molecule has 2 N–H and O–H groups in total. The second-order valence-corrected chi connectivity index (χ2v) is 10.6. The molecule has 2 aromatic carbocycles. The van der Waals surface area contributed by atoms with Gasteiger partial charge < -0.3 is 15.0 Å². The van der Waals surface area contributed by atoms with Crippen LogP contribution < -0.4 is 14.8 Å². The molecular formula is C24H32ClN3O4S. The van der Waals surface area contributed by atoms with Gasteiger partial charge in [-0.1, -0.05) is 24.6 Å². The fourth-order valence-electron chi connectivity index (χ4n) is 4.02. The number of methoxy groups -OCH3 is 1. The fourth-order valence-corrected chi connectivity index (χ4v) is 5.30. The van der Waals surface area contributed by atoms with Crippen LogP contribution in [0.15, 0.2) is 47.4 Å². The lowest BCUT2D eigenvalue weighted by atomic mass is 10.0. The average Bonchev–Trinajstić information content (AvgIpc) is 2.79. The Hall–Kier alpha value is -2.29. The molecule has 1 aliphatic rings. The van der Waals surface area contributed by atoms with E-state index >= 15 is 0 Å². The van der Waals surface area contributed by atoms with E-state index in [0.29, 0.717) is 22.9 Å². The van der Waals surface area contributed by atoms with Crippen LogP contribution in [0.2, 0.25) is 5.02 Å². The van der Waals surface area contributed by atoms with Gasteiger partial charge in [-0.2, -0.15) is 0 Å². The summed E-state index contributed by atoms with van der Waals surface area (Å²) in [5, 5.41) is 3.26. The van der Waals surface area contributed by atoms with E-state index in [0.717, 1.165) is 38.4 Å². The van der Waals surface area contributed by atoms with E-state index in [1.165, 1.54) is 38.2 Å². The molecule has 1 atom stereocenters. The Morgan fingerprint density at radius 2 is 2.03 bits per heavy atom. The van der Waals surface area contributed by atoms with Crippen LogP contribution in [-0.4, -0.2) is 52.5 Å². The van der Waals surface area contributed by atoms with Crippen molar-refractivity contribution in [3.8, 4) is 5.75 Å². The van der Waals surface area contributed by atoms with Crippen LogP contribution in [0.1, 0.15) is 43.0 Å². The highest BCUT2D eigenvalue weighted by molar-refractivity contribution is 7.92. The van der Waals surface area contributed by atoms with Crippen LogP contribution >= 0.6 is 11.6 Å². The van der Waals surface area contributed by atoms with Gasteiger partial charge in [-0.3, -0.25) is 9.52 Å². The number of hydrogen-bond donors (Lipinski definition) is 2. The van der Waals surface area contributed by atoms with E-state index in [9.17, 15) is 13.2 Å². The van der Waals surface area contributed by atoms with E-state index in [1.807, 2.05) is 0 Å². The fraction of sp³-hybridized carbons (Fsp3) is 0.458. The van der Waals surface area contributed by atoms with Crippen molar-refractivity contribution in [2.45, 2.75) is 37.5 Å². The molecular weight excluding hydrogens is 462 g/mol. The van der Waals surface area contributed by atoms with Gasteiger partial charge in [0.25, 0.3) is 15.9 Å². The molecule has 0 bridgehead atoms. The molecule has 2 aromatic rings. The minimum atomic E-state index is -3.94. The average molecular weight is 494 g/mol. The molecule has 1 aliphatic heterocycles. The number of nitrogens with zero attached hydrogens (tertiary/aromatic N) is 1. The molecule has 33 heavy (non-hydrogen) atoms. The van der Waals surface area contributed by atoms with Crippen molar-refractivity contribution in [1.29, 1.82) is 0 Å². The standard InChI is InChI=1S/C24H32ClN3O4S/c1-18-7-6-14-28(17-18)13-4-3-12-26-24(29)19-8-5-9-21(15-19)33(30,31)27-22-16-20(25)10-11-23(22)32-2/h5,8-11,15-16,18,27H,3-4,6-7,12-14,17H2,1-2H3,(H,26,29)/t18-/m0/s1. The van der Waals surface area contributed by atoms with Gasteiger partial charge in [-0.25, -0.2) is 8.42 Å². The Balaban J connectivity index is 1.55. The second-order valence-electron chi connectivity index (χ2n) is 8.49. The van der Waals surface area contributed by atoms with Crippen LogP contribution in [0.4, 0.5) is 5.69 Å². The molecule has 0 saturated carbocycles. The minimum absolute atomic E-state index is 0.0172. The lowest BCUT2D eigenvalue weighted by Crippen LogP contribution is -2.35. The number of sulfonamides is 1. The number of likely N-dealkylation sites (tertiary alicyclic amines) is 1. The monoisotopic (exact) mass is 493 g/mol. The molecule has 1 saturated heterocycles. The molecule has 0 spiro atoms. The third-order valence-electron chi connectivity index (χ3n) is 5.74. The van der Waals surface area contributed by atoms with Crippen LogP contribution in [-0.2, 0) is 10.0 Å². The molecule has 7 nitrogen and oxygen atoms in total. The Morgan fingerprint density at radius 1 is 1.21 bits per heavy atom. The SMILES string of the molecule is COc1ccc(Cl)cc1NS(=O)(=O)c1cccc(C(=O)NCCCCN2CCC[C@H](C)C2)c1. The van der Waals surface area contributed by atoms with Crippen molar-refractivity contribution in [3.05, 3.63) is 53.1 Å². The number of anilines is 1. The predicted octanol–water partition coefficient (Wildman–Crippen LogP) is 4.39. The van der Waals surface area contributed by atoms with Crippen LogP contribution in [0.25, 0.3) is 0 Å². The number of carbonyl (C=O) groups is 1. The van der Waals surface area contributed by atoms with E-state index in [1.54, 1.807) is 24.3 Å². The lowest BCUT2D eigenvalue weighted by Gasteiger charge is -2.30. The minimum Gasteiger partial charge on any atom is -0.495 e. The van der Waals surface area contributed by atoms with Gasteiger partial charge in [0.05, 0.1) is 17.7 Å². The lowest BCUT2D eigenvalue weighted by molar-refractivity contribution is 0.0952. The first-order chi connectivity index (χ1) is 15.8. The van der Waals surface area contributed by atoms with Crippen molar-refractivity contribution in [2.75, 3.05) is 38.0 Å². The zero-order chi connectivity index (χ0) is 23.8. The highest BCUT2D eigenvalue weighted by Crippen LogP contribution is 2.30. The van der Waals surface area contributed by atoms with E-state index in [2.05, 4.69) is 21.9 Å². The van der Waals surface area contributed by atoms with Crippen LogP contribution in [0.5, 0.6) is 5.75 Å². The zero-order valence-corrected chi connectivity index (χ0v) is 20.7. The van der Waals surface area contributed by atoms with Gasteiger partial charge in [0.15, 0.2) is 0 Å². The summed E-state index contributed by atoms with van der Waals surface area (Å²) >= 11 is 5.99. The number of halogens is 1. The van der Waals surface area contributed by atoms with E-state index < -0.39 is 10.0 Å². The number of amides is 1. The van der Waals surface area contributed by atoms with Crippen LogP contribution in [0, 0.1) is 5.92 Å². The Labute approximate surface area is 201 Å². The number of ether oxygens (including phenoxy) is 1. The van der Waals surface area contributed by atoms with Crippen molar-refractivity contribution in [1.82, 2.24) is 10.2 Å². The number of rotatable bonds is 10. The molecule has 3 rings (SSSR count). The number of piperidine rings is 1. The summed E-state index contributed by atoms with van der Waals surface area (Å²) in [7, 11) is -2.50. The maximum Gasteiger partial charge on any atom is 0.262 e. The van der Waals surface area contributed by atoms with Gasteiger partial charge in [0.2, 0.25) is 0 Å². The maximum atomic E-state index is 12.9. The first-order valence-corrected chi connectivity index (χ1v) is 13.1. The molecule has 0 aromatic heterocycles. The quantitative estimate of drug-likeness (QED) is 0.479. The molecule has 0 aliphatic carbocycles. The topological polar surface area (TPSA) is 87.7 Å². The van der Waals surface area contributed by atoms with Crippen LogP contribution in [0.3, 0.4) is 0 Å². The van der Waals surface area contributed by atoms with Crippen molar-refractivity contribution < 1.29 is 17.9 Å². The van der Waals surface area contributed by atoms with Crippen molar-refractivity contribution >= 4 is 33.2 Å². The summed E-state index contributed by atoms with van der Waals surface area (Å²) in [5.74, 6) is 0.811. The van der Waals surface area contributed by atoms with Gasteiger partial charge >= 0.3 is 0 Å². The molecule has 0 unspecified atom stereocenters. The maximum absolute atomic E-state index is 12.9. The number of unbranched alkanes of at least 4 members (excludes halogenated alkanes) is 1. The summed E-state index contributed by atoms with van der Waals surface area (Å²) in [4.78, 5) is 15.0. The third kappa shape index (κ3) is 7.35. The van der Waals surface area contributed by atoms with E-state index in [4.69, 9.17) is 16.3 Å². The summed E-state index contributed by atoms with van der Waals surface area (Å²) in [6.45, 7) is 6.21. The molecule has 0 radical (unpaired) electrons. The largest absolute Gasteiger partial charge is 0.495 e. The normalized spacial score (nSPS) is 16.9. The highest BCUT2D eigenvalue weighted by Gasteiger charge is 2.19. The highest BCUT2D eigenvalue weighted by atomic mass is 35.5. The third-order valence-corrected chi connectivity index (χ3v) is 7.34. The number of nitrogens with one attached hydrogen (secondary N) is 2. The molecule has 9 heteroatoms. The van der Waals surface area contributed by atoms with Crippen molar-refractivity contribution in [2.24, 2.45) is 5.92 Å². The summed E-state index contributed by atoms with van der Waals surface area (Å²) in [5.41, 5.74) is 0.517. The van der Waals surface area contributed by atoms with Gasteiger partial charge in [-0.05, 0) is 81.1 Å². The summed E-state index contributed by atoms with van der Waals surface area (Å²) < 4.78 is 33.4. The molecule has 1 amide bonds.